The van der Waals surface area contributed by atoms with Crippen molar-refractivity contribution in [3.05, 3.63) is 46.4 Å². The van der Waals surface area contributed by atoms with Crippen LogP contribution in [0.1, 0.15) is 11.1 Å². The van der Waals surface area contributed by atoms with Gasteiger partial charge in [-0.05, 0) is 31.0 Å². The number of benzene rings is 1. The zero-order valence-corrected chi connectivity index (χ0v) is 9.56. The Balaban J connectivity index is 2.50. The van der Waals surface area contributed by atoms with E-state index in [1.54, 1.807) is 6.20 Å². The van der Waals surface area contributed by atoms with Crippen LogP contribution in [-0.2, 0) is 0 Å². The summed E-state index contributed by atoms with van der Waals surface area (Å²) in [5.41, 5.74) is 4.61. The molecule has 0 unspecified atom stereocenters. The van der Waals surface area contributed by atoms with Crippen molar-refractivity contribution in [1.82, 2.24) is 9.97 Å². The predicted octanol–water partition coefficient (Wildman–Crippen LogP) is 3.42. The molecule has 3 heteroatoms. The van der Waals surface area contributed by atoms with Crippen LogP contribution in [0.25, 0.3) is 11.3 Å². The largest absolute Gasteiger partial charge is 0.350 e. The molecule has 15 heavy (non-hydrogen) atoms. The molecule has 1 aromatic heterocycles. The van der Waals surface area contributed by atoms with Crippen molar-refractivity contribution in [3.63, 3.8) is 0 Å². The van der Waals surface area contributed by atoms with Crippen LogP contribution < -0.4 is 0 Å². The number of aromatic nitrogens is 2. The fraction of sp³-hybridized carbons (Fsp3) is 0.167. The van der Waals surface area contributed by atoms with Gasteiger partial charge >= 0.3 is 0 Å². The van der Waals surface area contributed by atoms with E-state index in [9.17, 15) is 0 Å². The molecule has 0 aliphatic rings. The van der Waals surface area contributed by atoms with Gasteiger partial charge in [0, 0.05) is 11.8 Å². The van der Waals surface area contributed by atoms with E-state index < -0.39 is 0 Å². The molecule has 2 rings (SSSR count). The van der Waals surface area contributed by atoms with Crippen LogP contribution in [0.2, 0.25) is 0 Å². The van der Waals surface area contributed by atoms with E-state index in [1.807, 2.05) is 6.20 Å². The maximum absolute atomic E-state index is 4.95. The summed E-state index contributed by atoms with van der Waals surface area (Å²) in [5, 5.41) is 0. The fourth-order valence-corrected chi connectivity index (χ4v) is 1.51. The van der Waals surface area contributed by atoms with Gasteiger partial charge in [-0.3, -0.25) is 4.98 Å². The van der Waals surface area contributed by atoms with Gasteiger partial charge in [0.05, 0.1) is 11.9 Å². The molecule has 0 saturated heterocycles. The summed E-state index contributed by atoms with van der Waals surface area (Å²) in [5.74, 6) is 0. The molecule has 0 radical (unpaired) electrons. The number of nitrogens with one attached hydrogen (secondary N) is 1. The summed E-state index contributed by atoms with van der Waals surface area (Å²) in [7, 11) is 0. The molecule has 0 aliphatic heterocycles. The molecule has 1 aromatic carbocycles. The third kappa shape index (κ3) is 2.13. The number of nitrogens with zero attached hydrogens (tertiary/aromatic N) is 1. The summed E-state index contributed by atoms with van der Waals surface area (Å²) in [4.78, 5) is 7.27. The van der Waals surface area contributed by atoms with Gasteiger partial charge in [-0.25, -0.2) is 0 Å². The van der Waals surface area contributed by atoms with Crippen molar-refractivity contribution in [2.24, 2.45) is 0 Å². The van der Waals surface area contributed by atoms with Crippen LogP contribution >= 0.6 is 12.2 Å². The normalized spacial score (nSPS) is 10.3. The molecule has 0 fully saturated rings. The van der Waals surface area contributed by atoms with Gasteiger partial charge in [-0.1, -0.05) is 24.4 Å². The maximum atomic E-state index is 4.95. The molecular weight excluding hydrogens is 204 g/mol. The fourth-order valence-electron chi connectivity index (χ4n) is 1.40. The molecule has 76 valence electrons. The van der Waals surface area contributed by atoms with Crippen molar-refractivity contribution in [2.75, 3.05) is 0 Å². The minimum atomic E-state index is 0.655. The van der Waals surface area contributed by atoms with E-state index >= 15 is 0 Å². The average molecular weight is 216 g/mol. The quantitative estimate of drug-likeness (QED) is 0.740. The van der Waals surface area contributed by atoms with Gasteiger partial charge < -0.3 is 4.98 Å². The number of aryl methyl sites for hydroxylation is 2. The van der Waals surface area contributed by atoms with E-state index in [4.69, 9.17) is 12.2 Å². The highest BCUT2D eigenvalue weighted by molar-refractivity contribution is 7.71. The zero-order valence-electron chi connectivity index (χ0n) is 8.74. The van der Waals surface area contributed by atoms with E-state index in [2.05, 4.69) is 42.0 Å². The highest BCUT2D eigenvalue weighted by Gasteiger charge is 2.00. The number of aromatic amines is 1. The first-order valence-corrected chi connectivity index (χ1v) is 5.20. The minimum absolute atomic E-state index is 0.655. The number of hydrogen-bond acceptors (Lipinski definition) is 2. The first-order chi connectivity index (χ1) is 7.16. The third-order valence-corrected chi connectivity index (χ3v) is 2.70. The molecule has 0 amide bonds. The Labute approximate surface area is 94.0 Å². The average Bonchev–Trinajstić information content (AvgIpc) is 2.23. The number of hydrogen-bond donors (Lipinski definition) is 1. The van der Waals surface area contributed by atoms with Gasteiger partial charge in [0.2, 0.25) is 0 Å². The van der Waals surface area contributed by atoms with Gasteiger partial charge in [-0.15, -0.1) is 0 Å². The lowest BCUT2D eigenvalue weighted by molar-refractivity contribution is 1.18. The van der Waals surface area contributed by atoms with Crippen molar-refractivity contribution in [3.8, 4) is 11.3 Å². The van der Waals surface area contributed by atoms with Gasteiger partial charge in [0.15, 0.2) is 0 Å². The number of H-pyrrole nitrogens is 1. The van der Waals surface area contributed by atoms with Crippen LogP contribution in [0.4, 0.5) is 0 Å². The molecular formula is C12H12N2S. The van der Waals surface area contributed by atoms with Crippen LogP contribution in [-0.4, -0.2) is 9.97 Å². The SMILES string of the molecule is Cc1ccc(-c2c[nH]c(=S)cn2)cc1C. The smallest absolute Gasteiger partial charge is 0.121 e. The topological polar surface area (TPSA) is 28.7 Å². The summed E-state index contributed by atoms with van der Waals surface area (Å²) >= 11 is 4.95. The summed E-state index contributed by atoms with van der Waals surface area (Å²) < 4.78 is 0.655. The Morgan fingerprint density at radius 1 is 1.20 bits per heavy atom. The summed E-state index contributed by atoms with van der Waals surface area (Å²) in [6, 6.07) is 6.31. The van der Waals surface area contributed by atoms with E-state index in [-0.39, 0.29) is 0 Å². The van der Waals surface area contributed by atoms with Crippen molar-refractivity contribution >= 4 is 12.2 Å². The van der Waals surface area contributed by atoms with Gasteiger partial charge in [-0.2, -0.15) is 0 Å². The molecule has 0 saturated carbocycles. The van der Waals surface area contributed by atoms with Crippen molar-refractivity contribution < 1.29 is 0 Å². The first-order valence-electron chi connectivity index (χ1n) is 4.79. The maximum Gasteiger partial charge on any atom is 0.121 e. The highest BCUT2D eigenvalue weighted by Crippen LogP contribution is 2.18. The van der Waals surface area contributed by atoms with E-state index in [0.717, 1.165) is 11.3 Å². The van der Waals surface area contributed by atoms with Gasteiger partial charge in [0.25, 0.3) is 0 Å². The molecule has 0 aliphatic carbocycles. The van der Waals surface area contributed by atoms with Crippen molar-refractivity contribution in [2.45, 2.75) is 13.8 Å². The first kappa shape index (κ1) is 10.1. The van der Waals surface area contributed by atoms with Crippen LogP contribution in [0.3, 0.4) is 0 Å². The Hall–Kier alpha value is -1.48. The molecule has 0 bridgehead atoms. The summed E-state index contributed by atoms with van der Waals surface area (Å²) in [6.07, 6.45) is 3.51. The predicted molar refractivity (Wildman–Crippen MR) is 64.3 cm³/mol. The standard InChI is InChI=1S/C12H12N2S/c1-8-3-4-10(5-9(8)2)11-6-14-12(15)7-13-11/h3-7H,1-2H3,(H,14,15). The minimum Gasteiger partial charge on any atom is -0.350 e. The van der Waals surface area contributed by atoms with Crippen molar-refractivity contribution in [1.29, 1.82) is 0 Å². The monoisotopic (exact) mass is 216 g/mol. The second-order valence-electron chi connectivity index (χ2n) is 3.60. The molecule has 0 spiro atoms. The molecule has 0 atom stereocenters. The molecule has 1 heterocycles. The molecule has 2 aromatic rings. The van der Waals surface area contributed by atoms with Crippen LogP contribution in [0, 0.1) is 18.5 Å². The Morgan fingerprint density at radius 2 is 2.00 bits per heavy atom. The Bertz CT molecular complexity index is 523. The lowest BCUT2D eigenvalue weighted by Gasteiger charge is -2.04. The van der Waals surface area contributed by atoms with Crippen LogP contribution in [0.15, 0.2) is 30.6 Å². The van der Waals surface area contributed by atoms with E-state index in [1.165, 1.54) is 11.1 Å². The lowest BCUT2D eigenvalue weighted by atomic mass is 10.0. The zero-order chi connectivity index (χ0) is 10.8. The second kappa shape index (κ2) is 3.95. The molecule has 1 N–H and O–H groups in total. The number of rotatable bonds is 1. The van der Waals surface area contributed by atoms with E-state index in [0.29, 0.717) is 4.64 Å². The summed E-state index contributed by atoms with van der Waals surface area (Å²) in [6.45, 7) is 4.20. The Morgan fingerprint density at radius 3 is 2.60 bits per heavy atom. The van der Waals surface area contributed by atoms with Crippen LogP contribution in [0.5, 0.6) is 0 Å². The second-order valence-corrected chi connectivity index (χ2v) is 4.04. The lowest BCUT2D eigenvalue weighted by Crippen LogP contribution is -1.87. The van der Waals surface area contributed by atoms with Gasteiger partial charge in [0.1, 0.15) is 4.64 Å². The third-order valence-electron chi connectivity index (χ3n) is 2.47. The molecule has 2 nitrogen and oxygen atoms in total. The Kier molecular flexibility index (Phi) is 2.64. The highest BCUT2D eigenvalue weighted by atomic mass is 32.1.